The Morgan fingerprint density at radius 3 is 2.52 bits per heavy atom. The summed E-state index contributed by atoms with van der Waals surface area (Å²) in [6, 6.07) is 16.9. The van der Waals surface area contributed by atoms with Crippen molar-refractivity contribution in [3.8, 4) is 17.0 Å². The Hall–Kier alpha value is -3.19. The zero-order valence-corrected chi connectivity index (χ0v) is 15.6. The summed E-state index contributed by atoms with van der Waals surface area (Å²) in [4.78, 5) is 27.4. The van der Waals surface area contributed by atoms with E-state index in [-0.39, 0.29) is 18.4 Å². The quantitative estimate of drug-likeness (QED) is 0.657. The van der Waals surface area contributed by atoms with Gasteiger partial charge in [0.25, 0.3) is 5.91 Å². The van der Waals surface area contributed by atoms with Crippen molar-refractivity contribution in [1.82, 2.24) is 10.3 Å². The van der Waals surface area contributed by atoms with Gasteiger partial charge in [0.1, 0.15) is 5.75 Å². The van der Waals surface area contributed by atoms with Gasteiger partial charge in [-0.1, -0.05) is 42.5 Å². The van der Waals surface area contributed by atoms with Crippen molar-refractivity contribution in [3.05, 3.63) is 65.5 Å². The average molecular weight is 381 g/mol. The van der Waals surface area contributed by atoms with E-state index in [9.17, 15) is 9.59 Å². The largest absolute Gasteiger partial charge is 0.484 e. The normalized spacial score (nSPS) is 10.3. The van der Waals surface area contributed by atoms with E-state index in [0.29, 0.717) is 17.4 Å². The van der Waals surface area contributed by atoms with Gasteiger partial charge in [-0.15, -0.1) is 11.3 Å². The predicted molar refractivity (Wildman–Crippen MR) is 106 cm³/mol. The van der Waals surface area contributed by atoms with Crippen LogP contribution in [-0.2, 0) is 16.1 Å². The molecular formula is C20H19N3O3S. The van der Waals surface area contributed by atoms with Crippen molar-refractivity contribution in [2.45, 2.75) is 13.5 Å². The zero-order chi connectivity index (χ0) is 19.1. The number of hydrogen-bond acceptors (Lipinski definition) is 5. The summed E-state index contributed by atoms with van der Waals surface area (Å²) in [6.45, 7) is 1.91. The zero-order valence-electron chi connectivity index (χ0n) is 14.8. The number of carbonyl (C=O) groups excluding carboxylic acids is 2. The molecule has 0 aliphatic carbocycles. The van der Waals surface area contributed by atoms with Crippen LogP contribution in [0.1, 0.15) is 12.5 Å². The van der Waals surface area contributed by atoms with Gasteiger partial charge in [-0.3, -0.25) is 14.9 Å². The fourth-order valence-corrected chi connectivity index (χ4v) is 3.04. The third-order valence-corrected chi connectivity index (χ3v) is 4.41. The predicted octanol–water partition coefficient (Wildman–Crippen LogP) is 3.46. The van der Waals surface area contributed by atoms with Crippen LogP contribution in [0.4, 0.5) is 5.13 Å². The number of aromatic nitrogens is 1. The van der Waals surface area contributed by atoms with Gasteiger partial charge in [-0.25, -0.2) is 4.98 Å². The topological polar surface area (TPSA) is 80.3 Å². The van der Waals surface area contributed by atoms with Gasteiger partial charge in [0, 0.05) is 24.4 Å². The van der Waals surface area contributed by atoms with Crippen LogP contribution in [0, 0.1) is 0 Å². The SMILES string of the molecule is CC(=O)NCc1ccc(-c2csc(NC(=O)COc3ccccc3)n2)cc1. The van der Waals surface area contributed by atoms with E-state index < -0.39 is 0 Å². The number of ether oxygens (including phenoxy) is 1. The summed E-state index contributed by atoms with van der Waals surface area (Å²) in [6.07, 6.45) is 0. The van der Waals surface area contributed by atoms with Crippen molar-refractivity contribution >= 4 is 28.3 Å². The number of nitrogens with one attached hydrogen (secondary N) is 2. The van der Waals surface area contributed by atoms with Gasteiger partial charge in [-0.2, -0.15) is 0 Å². The minimum absolute atomic E-state index is 0.0600. The second-order valence-electron chi connectivity index (χ2n) is 5.79. The third-order valence-electron chi connectivity index (χ3n) is 3.65. The molecule has 6 nitrogen and oxygen atoms in total. The molecular weight excluding hydrogens is 362 g/mol. The van der Waals surface area contributed by atoms with Crippen molar-refractivity contribution in [1.29, 1.82) is 0 Å². The lowest BCUT2D eigenvalue weighted by Crippen LogP contribution is -2.20. The lowest BCUT2D eigenvalue weighted by Gasteiger charge is -2.05. The first-order valence-electron chi connectivity index (χ1n) is 8.37. The van der Waals surface area contributed by atoms with Crippen LogP contribution in [0.2, 0.25) is 0 Å². The molecule has 0 bridgehead atoms. The molecule has 138 valence electrons. The molecule has 0 aliphatic rings. The van der Waals surface area contributed by atoms with Crippen LogP contribution in [-0.4, -0.2) is 23.4 Å². The number of amides is 2. The first kappa shape index (κ1) is 18.6. The Labute approximate surface area is 161 Å². The van der Waals surface area contributed by atoms with Crippen molar-refractivity contribution in [3.63, 3.8) is 0 Å². The molecule has 0 fully saturated rings. The van der Waals surface area contributed by atoms with Gasteiger partial charge in [0.15, 0.2) is 11.7 Å². The van der Waals surface area contributed by atoms with Gasteiger partial charge < -0.3 is 10.1 Å². The highest BCUT2D eigenvalue weighted by atomic mass is 32.1. The number of para-hydroxylation sites is 1. The molecule has 1 heterocycles. The van der Waals surface area contributed by atoms with Crippen LogP contribution in [0.3, 0.4) is 0 Å². The van der Waals surface area contributed by atoms with Crippen LogP contribution >= 0.6 is 11.3 Å². The number of carbonyl (C=O) groups is 2. The molecule has 27 heavy (non-hydrogen) atoms. The summed E-state index contributed by atoms with van der Waals surface area (Å²) in [5.74, 6) is 0.326. The number of hydrogen-bond donors (Lipinski definition) is 2. The lowest BCUT2D eigenvalue weighted by molar-refractivity contribution is -0.119. The van der Waals surface area contributed by atoms with E-state index >= 15 is 0 Å². The van der Waals surface area contributed by atoms with Crippen molar-refractivity contribution in [2.24, 2.45) is 0 Å². The maximum atomic E-state index is 12.0. The van der Waals surface area contributed by atoms with Crippen LogP contribution in [0.5, 0.6) is 5.75 Å². The molecule has 7 heteroatoms. The molecule has 2 N–H and O–H groups in total. The van der Waals surface area contributed by atoms with Gasteiger partial charge >= 0.3 is 0 Å². The highest BCUT2D eigenvalue weighted by Crippen LogP contribution is 2.25. The van der Waals surface area contributed by atoms with Crippen LogP contribution in [0.15, 0.2) is 60.0 Å². The third kappa shape index (κ3) is 5.65. The summed E-state index contributed by atoms with van der Waals surface area (Å²) >= 11 is 1.36. The van der Waals surface area contributed by atoms with E-state index in [1.165, 1.54) is 18.3 Å². The Morgan fingerprint density at radius 2 is 1.81 bits per heavy atom. The molecule has 0 saturated carbocycles. The molecule has 2 amide bonds. The van der Waals surface area contributed by atoms with Gasteiger partial charge in [-0.05, 0) is 17.7 Å². The molecule has 0 radical (unpaired) electrons. The number of benzene rings is 2. The molecule has 0 spiro atoms. The minimum Gasteiger partial charge on any atom is -0.484 e. The fourth-order valence-electron chi connectivity index (χ4n) is 2.30. The van der Waals surface area contributed by atoms with Gasteiger partial charge in [0.2, 0.25) is 5.91 Å². The Bertz CT molecular complexity index is 908. The van der Waals surface area contributed by atoms with E-state index in [2.05, 4.69) is 15.6 Å². The second-order valence-corrected chi connectivity index (χ2v) is 6.65. The highest BCUT2D eigenvalue weighted by molar-refractivity contribution is 7.14. The van der Waals surface area contributed by atoms with Crippen LogP contribution in [0.25, 0.3) is 11.3 Å². The second kappa shape index (κ2) is 8.95. The monoisotopic (exact) mass is 381 g/mol. The lowest BCUT2D eigenvalue weighted by atomic mass is 10.1. The molecule has 2 aromatic carbocycles. The smallest absolute Gasteiger partial charge is 0.264 e. The molecule has 3 aromatic rings. The molecule has 1 aromatic heterocycles. The molecule has 0 unspecified atom stereocenters. The number of thiazole rings is 1. The maximum absolute atomic E-state index is 12.0. The molecule has 0 atom stereocenters. The van der Waals surface area contributed by atoms with Crippen LogP contribution < -0.4 is 15.4 Å². The Kier molecular flexibility index (Phi) is 6.17. The summed E-state index contributed by atoms with van der Waals surface area (Å²) in [5, 5.41) is 7.91. The standard InChI is InChI=1S/C20H19N3O3S/c1-14(24)21-11-15-7-9-16(10-8-15)18-13-27-20(22-18)23-19(25)12-26-17-5-3-2-4-6-17/h2-10,13H,11-12H2,1H3,(H,21,24)(H,22,23,25). The summed E-state index contributed by atoms with van der Waals surface area (Å²) < 4.78 is 5.42. The number of nitrogens with zero attached hydrogens (tertiary/aromatic N) is 1. The summed E-state index contributed by atoms with van der Waals surface area (Å²) in [7, 11) is 0. The molecule has 3 rings (SSSR count). The summed E-state index contributed by atoms with van der Waals surface area (Å²) in [5.41, 5.74) is 2.74. The van der Waals surface area contributed by atoms with Gasteiger partial charge in [0.05, 0.1) is 5.69 Å². The number of rotatable bonds is 7. The maximum Gasteiger partial charge on any atom is 0.264 e. The Balaban J connectivity index is 1.54. The first-order valence-corrected chi connectivity index (χ1v) is 9.25. The van der Waals surface area contributed by atoms with Crippen molar-refractivity contribution in [2.75, 3.05) is 11.9 Å². The van der Waals surface area contributed by atoms with E-state index in [4.69, 9.17) is 4.74 Å². The minimum atomic E-state index is -0.259. The fraction of sp³-hybridized carbons (Fsp3) is 0.150. The highest BCUT2D eigenvalue weighted by Gasteiger charge is 2.09. The molecule has 0 aliphatic heterocycles. The average Bonchev–Trinajstić information content (AvgIpc) is 3.14. The van der Waals surface area contributed by atoms with E-state index in [1.807, 2.05) is 47.8 Å². The van der Waals surface area contributed by atoms with E-state index in [1.54, 1.807) is 12.1 Å². The van der Waals surface area contributed by atoms with Crippen molar-refractivity contribution < 1.29 is 14.3 Å². The Morgan fingerprint density at radius 1 is 1.07 bits per heavy atom. The number of anilines is 1. The molecule has 0 saturated heterocycles. The van der Waals surface area contributed by atoms with E-state index in [0.717, 1.165) is 16.8 Å². The first-order chi connectivity index (χ1) is 13.1.